The Morgan fingerprint density at radius 1 is 1.29 bits per heavy atom. The lowest BCUT2D eigenvalue weighted by atomic mass is 10.3. The average molecular weight is 318 g/mol. The van der Waals surface area contributed by atoms with Crippen LogP contribution in [0.2, 0.25) is 0 Å². The second-order valence-corrected chi connectivity index (χ2v) is 4.57. The van der Waals surface area contributed by atoms with Crippen molar-refractivity contribution in [3.05, 3.63) is 24.4 Å². The van der Waals surface area contributed by atoms with Gasteiger partial charge in [0.2, 0.25) is 0 Å². The van der Waals surface area contributed by atoms with E-state index in [0.29, 0.717) is 13.0 Å². The molecule has 1 saturated heterocycles. The first-order valence-corrected chi connectivity index (χ1v) is 6.83. The highest BCUT2D eigenvalue weighted by Crippen LogP contribution is 2.12. The fourth-order valence-corrected chi connectivity index (χ4v) is 2.22. The maximum atomic E-state index is 11.3. The van der Waals surface area contributed by atoms with Gasteiger partial charge in [-0.3, -0.25) is 9.69 Å². The van der Waals surface area contributed by atoms with Gasteiger partial charge in [0, 0.05) is 38.9 Å². The highest BCUT2D eigenvalue weighted by Gasteiger charge is 2.18. The van der Waals surface area contributed by atoms with Crippen LogP contribution >= 0.6 is 12.4 Å². The van der Waals surface area contributed by atoms with E-state index in [1.54, 1.807) is 0 Å². The lowest BCUT2D eigenvalue weighted by Crippen LogP contribution is -2.47. The predicted molar refractivity (Wildman–Crippen MR) is 85.0 cm³/mol. The van der Waals surface area contributed by atoms with Gasteiger partial charge in [0.15, 0.2) is 0 Å². The van der Waals surface area contributed by atoms with E-state index in [-0.39, 0.29) is 23.9 Å². The van der Waals surface area contributed by atoms with Crippen LogP contribution in [0.25, 0.3) is 0 Å². The first-order chi connectivity index (χ1) is 9.29. The summed E-state index contributed by atoms with van der Waals surface area (Å²) in [6, 6.07) is 5.98. The molecule has 1 aromatic heterocycles. The SMILES string of the molecule is CCOC(=O)CCN1CCN(c2ccccn2)CC1.Cl.O. The molecule has 2 rings (SSSR count). The molecule has 120 valence electrons. The first-order valence-electron chi connectivity index (χ1n) is 6.83. The zero-order valence-corrected chi connectivity index (χ0v) is 13.1. The Morgan fingerprint density at radius 3 is 2.57 bits per heavy atom. The van der Waals surface area contributed by atoms with E-state index in [9.17, 15) is 4.79 Å². The Hall–Kier alpha value is -1.37. The van der Waals surface area contributed by atoms with E-state index in [2.05, 4.69) is 14.8 Å². The zero-order chi connectivity index (χ0) is 13.5. The number of piperazine rings is 1. The van der Waals surface area contributed by atoms with Gasteiger partial charge >= 0.3 is 5.97 Å². The molecule has 1 aromatic rings. The molecule has 0 unspecified atom stereocenters. The lowest BCUT2D eigenvalue weighted by molar-refractivity contribution is -0.143. The third kappa shape index (κ3) is 6.29. The number of hydrogen-bond donors (Lipinski definition) is 0. The van der Waals surface area contributed by atoms with Gasteiger partial charge in [0.1, 0.15) is 5.82 Å². The van der Waals surface area contributed by atoms with Crippen molar-refractivity contribution in [3.63, 3.8) is 0 Å². The van der Waals surface area contributed by atoms with Crippen molar-refractivity contribution in [3.8, 4) is 0 Å². The summed E-state index contributed by atoms with van der Waals surface area (Å²) in [5.41, 5.74) is 0. The standard InChI is InChI=1S/C14H21N3O2.ClH.H2O/c1-2-19-14(18)6-8-16-9-11-17(12-10-16)13-5-3-4-7-15-13;;/h3-5,7H,2,6,8-12H2,1H3;1H;1H2. The normalized spacial score (nSPS) is 14.8. The maximum absolute atomic E-state index is 11.3. The second-order valence-electron chi connectivity index (χ2n) is 4.57. The van der Waals surface area contributed by atoms with E-state index in [1.165, 1.54) is 0 Å². The summed E-state index contributed by atoms with van der Waals surface area (Å²) in [4.78, 5) is 20.2. The summed E-state index contributed by atoms with van der Waals surface area (Å²) >= 11 is 0. The molecule has 0 aromatic carbocycles. The van der Waals surface area contributed by atoms with Crippen LogP contribution in [0.1, 0.15) is 13.3 Å². The number of aromatic nitrogens is 1. The van der Waals surface area contributed by atoms with Gasteiger partial charge in [0.25, 0.3) is 0 Å². The molecule has 0 saturated carbocycles. The molecule has 2 N–H and O–H groups in total. The summed E-state index contributed by atoms with van der Waals surface area (Å²) in [5, 5.41) is 0. The highest BCUT2D eigenvalue weighted by molar-refractivity contribution is 5.85. The number of ether oxygens (including phenoxy) is 1. The van der Waals surface area contributed by atoms with Gasteiger partial charge in [-0.2, -0.15) is 0 Å². The number of hydrogen-bond acceptors (Lipinski definition) is 5. The molecule has 2 heterocycles. The maximum Gasteiger partial charge on any atom is 0.307 e. The molecule has 0 bridgehead atoms. The molecule has 7 heteroatoms. The fraction of sp³-hybridized carbons (Fsp3) is 0.571. The van der Waals surface area contributed by atoms with Crippen molar-refractivity contribution in [2.45, 2.75) is 13.3 Å². The van der Waals surface area contributed by atoms with Crippen molar-refractivity contribution < 1.29 is 15.0 Å². The number of carbonyl (C=O) groups is 1. The van der Waals surface area contributed by atoms with Crippen molar-refractivity contribution in [1.82, 2.24) is 9.88 Å². The zero-order valence-electron chi connectivity index (χ0n) is 12.3. The van der Waals surface area contributed by atoms with E-state index in [4.69, 9.17) is 4.74 Å². The van der Waals surface area contributed by atoms with Crippen molar-refractivity contribution in [2.75, 3.05) is 44.2 Å². The molecule has 0 radical (unpaired) electrons. The third-order valence-electron chi connectivity index (χ3n) is 3.28. The first kappa shape index (κ1) is 19.6. The molecule has 1 fully saturated rings. The van der Waals surface area contributed by atoms with Crippen LogP contribution in [-0.2, 0) is 9.53 Å². The molecule has 0 spiro atoms. The van der Waals surface area contributed by atoms with Crippen LogP contribution in [0.3, 0.4) is 0 Å². The number of rotatable bonds is 5. The fourth-order valence-electron chi connectivity index (χ4n) is 2.22. The molecular formula is C14H24ClN3O3. The Morgan fingerprint density at radius 2 is 2.00 bits per heavy atom. The van der Waals surface area contributed by atoms with Gasteiger partial charge in [-0.25, -0.2) is 4.98 Å². The van der Waals surface area contributed by atoms with Crippen molar-refractivity contribution >= 4 is 24.2 Å². The van der Waals surface area contributed by atoms with Gasteiger partial charge in [0.05, 0.1) is 13.0 Å². The second kappa shape index (κ2) is 10.4. The van der Waals surface area contributed by atoms with E-state index < -0.39 is 0 Å². The van der Waals surface area contributed by atoms with Crippen LogP contribution in [0.4, 0.5) is 5.82 Å². The number of nitrogens with zero attached hydrogens (tertiary/aromatic N) is 3. The summed E-state index contributed by atoms with van der Waals surface area (Å²) < 4.78 is 4.94. The summed E-state index contributed by atoms with van der Waals surface area (Å²) in [6.45, 7) is 6.94. The Labute approximate surface area is 131 Å². The largest absolute Gasteiger partial charge is 0.466 e. The molecule has 0 amide bonds. The van der Waals surface area contributed by atoms with E-state index in [1.807, 2.05) is 31.3 Å². The van der Waals surface area contributed by atoms with E-state index >= 15 is 0 Å². The van der Waals surface area contributed by atoms with Crippen molar-refractivity contribution in [1.29, 1.82) is 0 Å². The van der Waals surface area contributed by atoms with Crippen LogP contribution < -0.4 is 4.90 Å². The molecule has 1 aliphatic heterocycles. The summed E-state index contributed by atoms with van der Waals surface area (Å²) in [5.74, 6) is 0.933. The van der Waals surface area contributed by atoms with Crippen LogP contribution in [0, 0.1) is 0 Å². The Balaban J connectivity index is 0.00000200. The number of pyridine rings is 1. The van der Waals surface area contributed by atoms with Gasteiger partial charge in [-0.1, -0.05) is 6.07 Å². The minimum Gasteiger partial charge on any atom is -0.466 e. The highest BCUT2D eigenvalue weighted by atomic mass is 35.5. The minimum absolute atomic E-state index is 0. The minimum atomic E-state index is -0.102. The predicted octanol–water partition coefficient (Wildman–Crippen LogP) is 0.754. The smallest absolute Gasteiger partial charge is 0.307 e. The number of esters is 1. The average Bonchev–Trinajstić information content (AvgIpc) is 2.47. The summed E-state index contributed by atoms with van der Waals surface area (Å²) in [7, 11) is 0. The van der Waals surface area contributed by atoms with Gasteiger partial charge < -0.3 is 15.1 Å². The van der Waals surface area contributed by atoms with Gasteiger partial charge in [-0.15, -0.1) is 12.4 Å². The van der Waals surface area contributed by atoms with Crippen LogP contribution in [0.15, 0.2) is 24.4 Å². The molecule has 0 aliphatic carbocycles. The van der Waals surface area contributed by atoms with Crippen LogP contribution in [0.5, 0.6) is 0 Å². The molecule has 21 heavy (non-hydrogen) atoms. The lowest BCUT2D eigenvalue weighted by Gasteiger charge is -2.35. The van der Waals surface area contributed by atoms with Crippen molar-refractivity contribution in [2.24, 2.45) is 0 Å². The van der Waals surface area contributed by atoms with Crippen LogP contribution in [-0.4, -0.2) is 60.7 Å². The number of halogens is 1. The molecule has 0 atom stereocenters. The molecule has 6 nitrogen and oxygen atoms in total. The summed E-state index contributed by atoms with van der Waals surface area (Å²) in [6.07, 6.45) is 2.31. The molecular weight excluding hydrogens is 294 g/mol. The van der Waals surface area contributed by atoms with E-state index in [0.717, 1.165) is 38.5 Å². The Kier molecular flexibility index (Phi) is 9.69. The monoisotopic (exact) mass is 317 g/mol. The number of anilines is 1. The van der Waals surface area contributed by atoms with Gasteiger partial charge in [-0.05, 0) is 19.1 Å². The third-order valence-corrected chi connectivity index (χ3v) is 3.28. The quantitative estimate of drug-likeness (QED) is 0.749. The number of carbonyl (C=O) groups excluding carboxylic acids is 1. The Bertz CT molecular complexity index is 398. The molecule has 1 aliphatic rings. The topological polar surface area (TPSA) is 77.2 Å².